The molecule has 1 atom stereocenters. The number of hydrogen-bond donors (Lipinski definition) is 0. The van der Waals surface area contributed by atoms with Crippen molar-refractivity contribution in [3.05, 3.63) is 376 Å². The van der Waals surface area contributed by atoms with Crippen molar-refractivity contribution in [2.45, 2.75) is 36.0 Å². The van der Waals surface area contributed by atoms with Crippen LogP contribution in [0.25, 0.3) is 33.4 Å². The second-order valence-electron chi connectivity index (χ2n) is 22.3. The van der Waals surface area contributed by atoms with Gasteiger partial charge in [0.2, 0.25) is 0 Å². The first-order valence-corrected chi connectivity index (χ1v) is 27.9. The lowest BCUT2D eigenvalue weighted by atomic mass is 9.67. The third kappa shape index (κ3) is 6.95. The highest BCUT2D eigenvalue weighted by atomic mass is 15.1. The van der Waals surface area contributed by atoms with E-state index >= 15 is 0 Å². The fraction of sp³-hybridized carbons (Fsp3) is 0.0769. The second-order valence-corrected chi connectivity index (χ2v) is 22.3. The lowest BCUT2D eigenvalue weighted by Gasteiger charge is -2.36. The van der Waals surface area contributed by atoms with Gasteiger partial charge in [0.05, 0.1) is 10.8 Å². The van der Waals surface area contributed by atoms with Crippen LogP contribution < -0.4 is 4.90 Å². The molecule has 374 valence electrons. The summed E-state index contributed by atoms with van der Waals surface area (Å²) in [5.74, 6) is -0.0367. The fourth-order valence-corrected chi connectivity index (χ4v) is 14.6. The van der Waals surface area contributed by atoms with Crippen LogP contribution in [0.3, 0.4) is 0 Å². The topological polar surface area (TPSA) is 3.24 Å². The zero-order valence-corrected chi connectivity index (χ0v) is 44.4. The minimum Gasteiger partial charge on any atom is -0.310 e. The van der Waals surface area contributed by atoms with Gasteiger partial charge in [-0.3, -0.25) is 0 Å². The molecule has 12 aromatic rings. The Hall–Kier alpha value is -9.56. The van der Waals surface area contributed by atoms with Crippen molar-refractivity contribution in [2.75, 3.05) is 4.90 Å². The van der Waals surface area contributed by atoms with Gasteiger partial charge in [0.1, 0.15) is 0 Å². The standard InChI is InChI=1S/C78H57N/c1-76(2)69-41-19-15-37-63(69)67-47-45-55(50-73(67)76)75(53-25-7-3-8-26-53)54-27-23-35-60(49-54)79(61-36-24-34-59(51-61)78(58-32-13-6-14-33-58)71-43-21-16-38-64(71)65-39-17-22-44-72(65)78)62-46-48-68-66-40-18-20-42-70(66)77(74(68)52-62,56-28-9-4-10-29-56)57-30-11-5-12-31-57/h3-52,75H,1-2H3. The van der Waals surface area contributed by atoms with Crippen LogP contribution >= 0.6 is 0 Å². The van der Waals surface area contributed by atoms with Crippen LogP contribution in [0.2, 0.25) is 0 Å². The number of nitrogens with zero attached hydrogens (tertiary/aromatic N) is 1. The largest absolute Gasteiger partial charge is 0.310 e. The van der Waals surface area contributed by atoms with E-state index in [1.54, 1.807) is 0 Å². The molecule has 0 spiro atoms. The van der Waals surface area contributed by atoms with Crippen LogP contribution in [-0.2, 0) is 16.2 Å². The summed E-state index contributed by atoms with van der Waals surface area (Å²) in [6, 6.07) is 114. The van der Waals surface area contributed by atoms with E-state index in [4.69, 9.17) is 0 Å². The van der Waals surface area contributed by atoms with Gasteiger partial charge in [-0.1, -0.05) is 281 Å². The highest BCUT2D eigenvalue weighted by molar-refractivity contribution is 5.91. The second kappa shape index (κ2) is 18.3. The van der Waals surface area contributed by atoms with Crippen molar-refractivity contribution in [3.8, 4) is 33.4 Å². The monoisotopic (exact) mass is 1010 g/mol. The molecular formula is C78H57N. The Labute approximate surface area is 464 Å². The van der Waals surface area contributed by atoms with Crippen LogP contribution in [-0.4, -0.2) is 0 Å². The summed E-state index contributed by atoms with van der Waals surface area (Å²) in [5, 5.41) is 0. The van der Waals surface area contributed by atoms with E-state index < -0.39 is 10.8 Å². The first-order valence-electron chi connectivity index (χ1n) is 27.9. The Bertz CT molecular complexity index is 4200. The zero-order valence-electron chi connectivity index (χ0n) is 44.4. The summed E-state index contributed by atoms with van der Waals surface area (Å²) in [7, 11) is 0. The first-order chi connectivity index (χ1) is 39.0. The summed E-state index contributed by atoms with van der Waals surface area (Å²) >= 11 is 0. The van der Waals surface area contributed by atoms with E-state index in [-0.39, 0.29) is 11.3 Å². The maximum Gasteiger partial charge on any atom is 0.0714 e. The highest BCUT2D eigenvalue weighted by Gasteiger charge is 2.48. The average molecular weight is 1010 g/mol. The summed E-state index contributed by atoms with van der Waals surface area (Å²) in [4.78, 5) is 2.53. The van der Waals surface area contributed by atoms with Crippen LogP contribution in [0.4, 0.5) is 17.1 Å². The normalized spacial score (nSPS) is 14.7. The van der Waals surface area contributed by atoms with Crippen molar-refractivity contribution in [3.63, 3.8) is 0 Å². The molecule has 1 unspecified atom stereocenters. The van der Waals surface area contributed by atoms with Gasteiger partial charge in [-0.2, -0.15) is 0 Å². The molecular weight excluding hydrogens is 951 g/mol. The molecule has 1 nitrogen and oxygen atoms in total. The van der Waals surface area contributed by atoms with Crippen molar-refractivity contribution < 1.29 is 0 Å². The molecule has 79 heavy (non-hydrogen) atoms. The highest BCUT2D eigenvalue weighted by Crippen LogP contribution is 2.59. The van der Waals surface area contributed by atoms with E-state index in [9.17, 15) is 0 Å². The smallest absolute Gasteiger partial charge is 0.0714 e. The fourth-order valence-electron chi connectivity index (χ4n) is 14.6. The van der Waals surface area contributed by atoms with Gasteiger partial charge >= 0.3 is 0 Å². The SMILES string of the molecule is CC1(C)c2ccccc2-c2ccc(C(c3ccccc3)c3cccc(N(c4cccc(C5(c6ccccc6)c6ccccc6-c6ccccc65)c4)c4ccc5c(c4)C(c4ccccc4)(c4ccccc4)c4ccccc4-5)c3)cc21. The third-order valence-electron chi connectivity index (χ3n) is 17.9. The van der Waals surface area contributed by atoms with Gasteiger partial charge < -0.3 is 4.90 Å². The third-order valence-corrected chi connectivity index (χ3v) is 17.9. The first kappa shape index (κ1) is 46.7. The molecule has 0 heterocycles. The molecule has 12 aromatic carbocycles. The summed E-state index contributed by atoms with van der Waals surface area (Å²) in [6.07, 6.45) is 0. The van der Waals surface area contributed by atoms with Crippen LogP contribution in [0.1, 0.15) is 92.1 Å². The summed E-state index contributed by atoms with van der Waals surface area (Å²) in [5.41, 5.74) is 26.4. The molecule has 0 fully saturated rings. The maximum atomic E-state index is 2.53. The van der Waals surface area contributed by atoms with E-state index in [0.717, 1.165) is 17.1 Å². The minimum atomic E-state index is -0.577. The van der Waals surface area contributed by atoms with Gasteiger partial charge in [-0.25, -0.2) is 0 Å². The van der Waals surface area contributed by atoms with Crippen molar-refractivity contribution in [1.82, 2.24) is 0 Å². The van der Waals surface area contributed by atoms with Crippen LogP contribution in [0, 0.1) is 0 Å². The molecule has 0 bridgehead atoms. The summed E-state index contributed by atoms with van der Waals surface area (Å²) < 4.78 is 0. The number of benzene rings is 12. The molecule has 0 N–H and O–H groups in total. The van der Waals surface area contributed by atoms with Gasteiger partial charge in [0, 0.05) is 28.4 Å². The molecule has 0 amide bonds. The van der Waals surface area contributed by atoms with E-state index in [1.165, 1.54) is 106 Å². The van der Waals surface area contributed by atoms with Crippen molar-refractivity contribution in [1.29, 1.82) is 0 Å². The van der Waals surface area contributed by atoms with Crippen LogP contribution in [0.15, 0.2) is 303 Å². The van der Waals surface area contributed by atoms with Gasteiger partial charge in [-0.05, 0) is 142 Å². The number of rotatable bonds is 10. The average Bonchev–Trinajstić information content (AvgIpc) is 4.30. The molecule has 0 aliphatic heterocycles. The molecule has 15 rings (SSSR count). The molecule has 0 aromatic heterocycles. The molecule has 1 heteroatoms. The Morgan fingerprint density at radius 3 is 1.16 bits per heavy atom. The minimum absolute atomic E-state index is 0.0367. The Morgan fingerprint density at radius 2 is 0.608 bits per heavy atom. The molecule has 3 aliphatic carbocycles. The molecule has 0 saturated carbocycles. The Balaban J connectivity index is 0.980. The molecule has 0 saturated heterocycles. The molecule has 3 aliphatic rings. The number of anilines is 3. The number of fused-ring (bicyclic) bond motifs is 9. The van der Waals surface area contributed by atoms with E-state index in [2.05, 4.69) is 322 Å². The summed E-state index contributed by atoms with van der Waals surface area (Å²) in [6.45, 7) is 4.77. The quantitative estimate of drug-likeness (QED) is 0.123. The zero-order chi connectivity index (χ0) is 52.7. The predicted octanol–water partition coefficient (Wildman–Crippen LogP) is 19.4. The maximum absolute atomic E-state index is 2.53. The Morgan fingerprint density at radius 1 is 0.241 bits per heavy atom. The predicted molar refractivity (Wildman–Crippen MR) is 327 cm³/mol. The van der Waals surface area contributed by atoms with Crippen molar-refractivity contribution >= 4 is 17.1 Å². The lowest BCUT2D eigenvalue weighted by Crippen LogP contribution is -2.29. The van der Waals surface area contributed by atoms with E-state index in [1.807, 2.05) is 0 Å². The van der Waals surface area contributed by atoms with Crippen LogP contribution in [0.5, 0.6) is 0 Å². The Kier molecular flexibility index (Phi) is 10.8. The van der Waals surface area contributed by atoms with Gasteiger partial charge in [0.15, 0.2) is 0 Å². The van der Waals surface area contributed by atoms with Gasteiger partial charge in [-0.15, -0.1) is 0 Å². The number of hydrogen-bond acceptors (Lipinski definition) is 1. The van der Waals surface area contributed by atoms with Gasteiger partial charge in [0.25, 0.3) is 0 Å². The van der Waals surface area contributed by atoms with E-state index in [0.29, 0.717) is 0 Å². The lowest BCUT2D eigenvalue weighted by molar-refractivity contribution is 0.659. The molecule has 0 radical (unpaired) electrons. The van der Waals surface area contributed by atoms with Crippen molar-refractivity contribution in [2.24, 2.45) is 0 Å².